The summed E-state index contributed by atoms with van der Waals surface area (Å²) in [6.07, 6.45) is 0. The molecule has 7 heteroatoms. The first-order valence-electron chi connectivity index (χ1n) is 8.43. The fourth-order valence-electron chi connectivity index (χ4n) is 2.20. The van der Waals surface area contributed by atoms with Crippen LogP contribution in [0.4, 0.5) is 5.69 Å². The second-order valence-electron chi connectivity index (χ2n) is 6.15. The first-order chi connectivity index (χ1) is 12.9. The van der Waals surface area contributed by atoms with Gasteiger partial charge in [-0.2, -0.15) is 0 Å². The lowest BCUT2D eigenvalue weighted by atomic mass is 10.1. The number of ether oxygens (including phenoxy) is 1. The molecule has 0 aromatic heterocycles. The molecule has 0 saturated heterocycles. The summed E-state index contributed by atoms with van der Waals surface area (Å²) in [5.74, 6) is -0.251. The van der Waals surface area contributed by atoms with Crippen LogP contribution in [0.2, 0.25) is 0 Å². The van der Waals surface area contributed by atoms with Crippen molar-refractivity contribution in [3.63, 3.8) is 0 Å². The van der Waals surface area contributed by atoms with Gasteiger partial charge in [-0.3, -0.25) is 14.4 Å². The van der Waals surface area contributed by atoms with E-state index in [4.69, 9.17) is 4.74 Å². The number of rotatable bonds is 7. The molecule has 0 aliphatic carbocycles. The van der Waals surface area contributed by atoms with Crippen LogP contribution < -0.4 is 15.4 Å². The van der Waals surface area contributed by atoms with Gasteiger partial charge in [0.2, 0.25) is 5.91 Å². The van der Waals surface area contributed by atoms with Crippen LogP contribution in [0.3, 0.4) is 0 Å². The molecular weight excluding hydrogens is 346 g/mol. The summed E-state index contributed by atoms with van der Waals surface area (Å²) in [6, 6.07) is 13.8. The van der Waals surface area contributed by atoms with E-state index in [1.54, 1.807) is 50.5 Å². The van der Waals surface area contributed by atoms with Gasteiger partial charge in [-0.05, 0) is 42.8 Å². The molecule has 7 nitrogen and oxygen atoms in total. The van der Waals surface area contributed by atoms with Crippen molar-refractivity contribution in [2.75, 3.05) is 32.6 Å². The Bertz CT molecular complexity index is 816. The number of amides is 3. The molecule has 0 heterocycles. The van der Waals surface area contributed by atoms with Gasteiger partial charge < -0.3 is 20.3 Å². The van der Waals surface area contributed by atoms with E-state index in [0.717, 1.165) is 5.56 Å². The lowest BCUT2D eigenvalue weighted by molar-refractivity contribution is -0.130. The zero-order valence-corrected chi connectivity index (χ0v) is 15.6. The number of anilines is 1. The molecule has 0 bridgehead atoms. The molecule has 142 valence electrons. The van der Waals surface area contributed by atoms with Crippen LogP contribution >= 0.6 is 0 Å². The van der Waals surface area contributed by atoms with E-state index < -0.39 is 0 Å². The normalized spacial score (nSPS) is 10.0. The van der Waals surface area contributed by atoms with Crippen LogP contribution in [0, 0.1) is 6.92 Å². The molecular formula is C20H23N3O4. The number of benzene rings is 2. The van der Waals surface area contributed by atoms with Crippen molar-refractivity contribution in [1.82, 2.24) is 10.2 Å². The molecule has 3 amide bonds. The predicted molar refractivity (Wildman–Crippen MR) is 103 cm³/mol. The third-order valence-electron chi connectivity index (χ3n) is 3.80. The molecule has 0 radical (unpaired) electrons. The quantitative estimate of drug-likeness (QED) is 0.779. The van der Waals surface area contributed by atoms with Crippen molar-refractivity contribution >= 4 is 23.4 Å². The Morgan fingerprint density at radius 1 is 1.00 bits per heavy atom. The smallest absolute Gasteiger partial charge is 0.259 e. The van der Waals surface area contributed by atoms with Gasteiger partial charge in [0.05, 0.1) is 6.54 Å². The van der Waals surface area contributed by atoms with Crippen molar-refractivity contribution in [3.8, 4) is 5.75 Å². The van der Waals surface area contributed by atoms with Crippen LogP contribution in [-0.4, -0.2) is 49.9 Å². The second kappa shape index (κ2) is 9.38. The van der Waals surface area contributed by atoms with Gasteiger partial charge >= 0.3 is 0 Å². The van der Waals surface area contributed by atoms with E-state index in [2.05, 4.69) is 10.6 Å². The summed E-state index contributed by atoms with van der Waals surface area (Å²) < 4.78 is 5.37. The third kappa shape index (κ3) is 6.14. The zero-order valence-electron chi connectivity index (χ0n) is 15.6. The van der Waals surface area contributed by atoms with E-state index in [0.29, 0.717) is 17.0 Å². The average molecular weight is 369 g/mol. The minimum atomic E-state index is -0.339. The maximum atomic E-state index is 12.1. The number of hydrogen-bond donors (Lipinski definition) is 2. The fourth-order valence-corrected chi connectivity index (χ4v) is 2.20. The number of nitrogens with zero attached hydrogens (tertiary/aromatic N) is 1. The molecule has 0 unspecified atom stereocenters. The standard InChI is InChI=1S/C20H23N3O4/c1-14-6-4-5-7-17(14)20(26)21-12-18(24)22-15-8-10-16(11-9-15)27-13-19(25)23(2)3/h4-11H,12-13H2,1-3H3,(H,21,26)(H,22,24). The van der Waals surface area contributed by atoms with Gasteiger partial charge in [-0.15, -0.1) is 0 Å². The van der Waals surface area contributed by atoms with E-state index in [-0.39, 0.29) is 30.9 Å². The SMILES string of the molecule is Cc1ccccc1C(=O)NCC(=O)Nc1ccc(OCC(=O)N(C)C)cc1. The van der Waals surface area contributed by atoms with Crippen molar-refractivity contribution in [2.45, 2.75) is 6.92 Å². The number of hydrogen-bond acceptors (Lipinski definition) is 4. The Morgan fingerprint density at radius 3 is 2.30 bits per heavy atom. The number of likely N-dealkylation sites (N-methyl/N-ethyl adjacent to an activating group) is 1. The van der Waals surface area contributed by atoms with Crippen LogP contribution in [-0.2, 0) is 9.59 Å². The molecule has 2 rings (SSSR count). The monoisotopic (exact) mass is 369 g/mol. The van der Waals surface area contributed by atoms with Gasteiger partial charge in [0.15, 0.2) is 6.61 Å². The lowest BCUT2D eigenvalue weighted by Crippen LogP contribution is -2.33. The third-order valence-corrected chi connectivity index (χ3v) is 3.80. The molecule has 0 saturated carbocycles. The summed E-state index contributed by atoms with van der Waals surface area (Å²) in [7, 11) is 3.31. The summed E-state index contributed by atoms with van der Waals surface area (Å²) in [5, 5.41) is 5.29. The highest BCUT2D eigenvalue weighted by atomic mass is 16.5. The van der Waals surface area contributed by atoms with Gasteiger partial charge in [0.25, 0.3) is 11.8 Å². The van der Waals surface area contributed by atoms with Crippen LogP contribution in [0.15, 0.2) is 48.5 Å². The molecule has 0 spiro atoms. The lowest BCUT2D eigenvalue weighted by Gasteiger charge is -2.12. The van der Waals surface area contributed by atoms with Crippen LogP contribution in [0.5, 0.6) is 5.75 Å². The van der Waals surface area contributed by atoms with Crippen molar-refractivity contribution in [1.29, 1.82) is 0 Å². The molecule has 27 heavy (non-hydrogen) atoms. The van der Waals surface area contributed by atoms with E-state index in [1.165, 1.54) is 4.90 Å². The largest absolute Gasteiger partial charge is 0.484 e. The molecule has 0 fully saturated rings. The van der Waals surface area contributed by atoms with Gasteiger partial charge in [0, 0.05) is 25.3 Å². The van der Waals surface area contributed by atoms with Crippen LogP contribution in [0.25, 0.3) is 0 Å². The molecule has 0 atom stereocenters. The first-order valence-corrected chi connectivity index (χ1v) is 8.43. The first kappa shape index (κ1) is 20.0. The molecule has 2 aromatic carbocycles. The highest BCUT2D eigenvalue weighted by Gasteiger charge is 2.10. The Balaban J connectivity index is 1.81. The second-order valence-corrected chi connectivity index (χ2v) is 6.15. The minimum absolute atomic E-state index is 0.0519. The number of aryl methyl sites for hydroxylation is 1. The van der Waals surface area contributed by atoms with Gasteiger partial charge in [0.1, 0.15) is 5.75 Å². The van der Waals surface area contributed by atoms with Crippen molar-refractivity contribution in [3.05, 3.63) is 59.7 Å². The van der Waals surface area contributed by atoms with Crippen LogP contribution in [0.1, 0.15) is 15.9 Å². The summed E-state index contributed by atoms with van der Waals surface area (Å²) in [5.41, 5.74) is 1.95. The zero-order chi connectivity index (χ0) is 19.8. The Kier molecular flexibility index (Phi) is 6.93. The van der Waals surface area contributed by atoms with Crippen molar-refractivity contribution in [2.24, 2.45) is 0 Å². The van der Waals surface area contributed by atoms with Gasteiger partial charge in [-0.1, -0.05) is 18.2 Å². The molecule has 0 aliphatic heterocycles. The maximum Gasteiger partial charge on any atom is 0.259 e. The Morgan fingerprint density at radius 2 is 1.67 bits per heavy atom. The van der Waals surface area contributed by atoms with E-state index >= 15 is 0 Å². The summed E-state index contributed by atoms with van der Waals surface area (Å²) in [6.45, 7) is 1.65. The topological polar surface area (TPSA) is 87.7 Å². The molecule has 2 N–H and O–H groups in total. The van der Waals surface area contributed by atoms with E-state index in [1.807, 2.05) is 19.1 Å². The highest BCUT2D eigenvalue weighted by molar-refractivity contribution is 6.00. The highest BCUT2D eigenvalue weighted by Crippen LogP contribution is 2.15. The Hall–Kier alpha value is -3.35. The number of nitrogens with one attached hydrogen (secondary N) is 2. The maximum absolute atomic E-state index is 12.1. The minimum Gasteiger partial charge on any atom is -0.484 e. The number of carbonyl (C=O) groups excluding carboxylic acids is 3. The summed E-state index contributed by atoms with van der Waals surface area (Å²) in [4.78, 5) is 37.0. The fraction of sp³-hybridized carbons (Fsp3) is 0.250. The molecule has 0 aliphatic rings. The average Bonchev–Trinajstić information content (AvgIpc) is 2.65. The van der Waals surface area contributed by atoms with E-state index in [9.17, 15) is 14.4 Å². The summed E-state index contributed by atoms with van der Waals surface area (Å²) >= 11 is 0. The van der Waals surface area contributed by atoms with Gasteiger partial charge in [-0.25, -0.2) is 0 Å². The van der Waals surface area contributed by atoms with Crippen molar-refractivity contribution < 1.29 is 19.1 Å². The molecule has 2 aromatic rings. The Labute approximate surface area is 158 Å². The number of carbonyl (C=O) groups is 3. The predicted octanol–water partition coefficient (Wildman–Crippen LogP) is 1.83.